The highest BCUT2D eigenvalue weighted by Gasteiger charge is 2.20. The predicted molar refractivity (Wildman–Crippen MR) is 73.1 cm³/mol. The molecule has 1 unspecified atom stereocenters. The molecule has 0 fully saturated rings. The van der Waals surface area contributed by atoms with E-state index in [0.29, 0.717) is 0 Å². The maximum atomic E-state index is 4.31. The number of rotatable bonds is 1. The van der Waals surface area contributed by atoms with E-state index in [2.05, 4.69) is 69.0 Å². The normalized spacial score (nSPS) is 24.1. The summed E-state index contributed by atoms with van der Waals surface area (Å²) in [5.74, 6) is 0. The van der Waals surface area contributed by atoms with Crippen LogP contribution >= 0.6 is 12.6 Å². The zero-order chi connectivity index (χ0) is 11.6. The Morgan fingerprint density at radius 2 is 1.75 bits per heavy atom. The SMILES string of the molecule is CC1=CC=CC(C)(c2ccc(S)cc2)C=C1. The van der Waals surface area contributed by atoms with Crippen molar-refractivity contribution in [1.29, 1.82) is 0 Å². The minimum absolute atomic E-state index is 0.0181. The maximum Gasteiger partial charge on any atom is 0.0289 e. The summed E-state index contributed by atoms with van der Waals surface area (Å²) >= 11 is 4.31. The molecule has 0 aliphatic heterocycles. The summed E-state index contributed by atoms with van der Waals surface area (Å²) in [7, 11) is 0. The van der Waals surface area contributed by atoms with Crippen molar-refractivity contribution in [2.24, 2.45) is 0 Å². The first-order valence-corrected chi connectivity index (χ1v) is 5.90. The topological polar surface area (TPSA) is 0 Å². The van der Waals surface area contributed by atoms with Gasteiger partial charge in [-0.05, 0) is 31.5 Å². The molecule has 0 saturated heterocycles. The minimum atomic E-state index is -0.0181. The summed E-state index contributed by atoms with van der Waals surface area (Å²) in [4.78, 5) is 1.00. The Hall–Kier alpha value is -1.21. The Kier molecular flexibility index (Phi) is 3.06. The highest BCUT2D eigenvalue weighted by Crippen LogP contribution is 2.29. The molecule has 2 rings (SSSR count). The average molecular weight is 228 g/mol. The van der Waals surface area contributed by atoms with Crippen molar-refractivity contribution < 1.29 is 0 Å². The predicted octanol–water partition coefficient (Wildman–Crippen LogP) is 4.31. The van der Waals surface area contributed by atoms with Crippen molar-refractivity contribution in [3.05, 3.63) is 65.8 Å². The molecule has 1 aromatic rings. The van der Waals surface area contributed by atoms with Gasteiger partial charge < -0.3 is 0 Å². The first-order valence-electron chi connectivity index (χ1n) is 5.45. The molecule has 82 valence electrons. The average Bonchev–Trinajstić information content (AvgIpc) is 2.43. The Morgan fingerprint density at radius 3 is 2.44 bits per heavy atom. The fourth-order valence-corrected chi connectivity index (χ4v) is 1.98. The van der Waals surface area contributed by atoms with Crippen LogP contribution in [0.15, 0.2) is 65.1 Å². The Labute approximate surface area is 103 Å². The molecule has 16 heavy (non-hydrogen) atoms. The highest BCUT2D eigenvalue weighted by molar-refractivity contribution is 7.80. The molecule has 0 nitrogen and oxygen atoms in total. The second-order valence-electron chi connectivity index (χ2n) is 4.43. The Balaban J connectivity index is 2.40. The van der Waals surface area contributed by atoms with Gasteiger partial charge in [0, 0.05) is 10.3 Å². The molecule has 0 saturated carbocycles. The van der Waals surface area contributed by atoms with E-state index < -0.39 is 0 Å². The molecular formula is C15H16S. The van der Waals surface area contributed by atoms with E-state index in [1.165, 1.54) is 11.1 Å². The molecule has 0 heterocycles. The number of allylic oxidation sites excluding steroid dienone is 6. The molecule has 0 amide bonds. The summed E-state index contributed by atoms with van der Waals surface area (Å²) in [6, 6.07) is 8.35. The van der Waals surface area contributed by atoms with Crippen LogP contribution in [0, 0.1) is 0 Å². The Bertz CT molecular complexity index is 463. The minimum Gasteiger partial charge on any atom is -0.143 e. The van der Waals surface area contributed by atoms with Gasteiger partial charge >= 0.3 is 0 Å². The lowest BCUT2D eigenvalue weighted by molar-refractivity contribution is 0.757. The summed E-state index contributed by atoms with van der Waals surface area (Å²) in [6.45, 7) is 4.34. The van der Waals surface area contributed by atoms with Gasteiger partial charge in [-0.15, -0.1) is 12.6 Å². The molecule has 1 aliphatic carbocycles. The van der Waals surface area contributed by atoms with Gasteiger partial charge in [0.05, 0.1) is 0 Å². The molecule has 0 N–H and O–H groups in total. The lowest BCUT2D eigenvalue weighted by Crippen LogP contribution is -2.14. The summed E-state index contributed by atoms with van der Waals surface area (Å²) in [5, 5.41) is 0. The molecule has 0 radical (unpaired) electrons. The van der Waals surface area contributed by atoms with Gasteiger partial charge in [0.1, 0.15) is 0 Å². The van der Waals surface area contributed by atoms with E-state index in [9.17, 15) is 0 Å². The number of hydrogen-bond acceptors (Lipinski definition) is 1. The molecule has 1 heteroatoms. The van der Waals surface area contributed by atoms with Crippen LogP contribution in [0.1, 0.15) is 19.4 Å². The third-order valence-electron chi connectivity index (χ3n) is 2.98. The molecule has 0 spiro atoms. The van der Waals surface area contributed by atoms with Gasteiger partial charge in [-0.1, -0.05) is 48.1 Å². The van der Waals surface area contributed by atoms with Crippen molar-refractivity contribution in [2.45, 2.75) is 24.2 Å². The molecule has 0 aromatic heterocycles. The molecule has 1 aromatic carbocycles. The van der Waals surface area contributed by atoms with Crippen LogP contribution in [0.4, 0.5) is 0 Å². The molecule has 1 atom stereocenters. The van der Waals surface area contributed by atoms with Gasteiger partial charge in [-0.2, -0.15) is 0 Å². The Morgan fingerprint density at radius 1 is 1.06 bits per heavy atom. The largest absolute Gasteiger partial charge is 0.143 e. The van der Waals surface area contributed by atoms with Crippen LogP contribution in [0.2, 0.25) is 0 Å². The first-order chi connectivity index (χ1) is 7.60. The van der Waals surface area contributed by atoms with Crippen LogP contribution in [-0.4, -0.2) is 0 Å². The van der Waals surface area contributed by atoms with E-state index in [1.54, 1.807) is 0 Å². The fourth-order valence-electron chi connectivity index (χ4n) is 1.83. The number of hydrogen-bond donors (Lipinski definition) is 1. The summed E-state index contributed by atoms with van der Waals surface area (Å²) in [6.07, 6.45) is 10.9. The van der Waals surface area contributed by atoms with Gasteiger partial charge in [0.15, 0.2) is 0 Å². The maximum absolute atomic E-state index is 4.31. The van der Waals surface area contributed by atoms with E-state index in [4.69, 9.17) is 0 Å². The zero-order valence-electron chi connectivity index (χ0n) is 9.64. The molecule has 0 bridgehead atoms. The first kappa shape index (κ1) is 11.3. The fraction of sp³-hybridized carbons (Fsp3) is 0.200. The van der Waals surface area contributed by atoms with Crippen LogP contribution in [-0.2, 0) is 5.41 Å². The smallest absolute Gasteiger partial charge is 0.0289 e. The highest BCUT2D eigenvalue weighted by atomic mass is 32.1. The third-order valence-corrected chi connectivity index (χ3v) is 3.28. The van der Waals surface area contributed by atoms with Crippen molar-refractivity contribution in [3.8, 4) is 0 Å². The standard InChI is InChI=1S/C15H16S/c1-12-4-3-10-15(2,11-9-12)13-5-7-14(16)8-6-13/h3-11,16H,1-2H3. The van der Waals surface area contributed by atoms with Crippen LogP contribution in [0.25, 0.3) is 0 Å². The van der Waals surface area contributed by atoms with E-state index in [0.717, 1.165) is 4.90 Å². The summed E-state index contributed by atoms with van der Waals surface area (Å²) < 4.78 is 0. The quantitative estimate of drug-likeness (QED) is 0.680. The molecule has 1 aliphatic rings. The van der Waals surface area contributed by atoms with Crippen molar-refractivity contribution >= 4 is 12.6 Å². The molecular weight excluding hydrogens is 212 g/mol. The summed E-state index contributed by atoms with van der Waals surface area (Å²) in [5.41, 5.74) is 2.56. The van der Waals surface area contributed by atoms with Gasteiger partial charge in [-0.3, -0.25) is 0 Å². The lowest BCUT2D eigenvalue weighted by atomic mass is 9.82. The van der Waals surface area contributed by atoms with Crippen molar-refractivity contribution in [3.63, 3.8) is 0 Å². The van der Waals surface area contributed by atoms with Crippen molar-refractivity contribution in [1.82, 2.24) is 0 Å². The van der Waals surface area contributed by atoms with Gasteiger partial charge in [-0.25, -0.2) is 0 Å². The number of thiol groups is 1. The van der Waals surface area contributed by atoms with Gasteiger partial charge in [0.2, 0.25) is 0 Å². The van der Waals surface area contributed by atoms with E-state index >= 15 is 0 Å². The van der Waals surface area contributed by atoms with Crippen LogP contribution in [0.5, 0.6) is 0 Å². The second-order valence-corrected chi connectivity index (χ2v) is 4.95. The van der Waals surface area contributed by atoms with Gasteiger partial charge in [0.25, 0.3) is 0 Å². The van der Waals surface area contributed by atoms with Crippen LogP contribution < -0.4 is 0 Å². The zero-order valence-corrected chi connectivity index (χ0v) is 10.5. The monoisotopic (exact) mass is 228 g/mol. The third kappa shape index (κ3) is 2.30. The second kappa shape index (κ2) is 4.34. The lowest BCUT2D eigenvalue weighted by Gasteiger charge is -2.22. The van der Waals surface area contributed by atoms with E-state index in [1.807, 2.05) is 12.1 Å². The van der Waals surface area contributed by atoms with E-state index in [-0.39, 0.29) is 5.41 Å². The number of benzene rings is 1. The van der Waals surface area contributed by atoms with Crippen molar-refractivity contribution in [2.75, 3.05) is 0 Å². The van der Waals surface area contributed by atoms with Crippen LogP contribution in [0.3, 0.4) is 0 Å².